The van der Waals surface area contributed by atoms with Gasteiger partial charge in [-0.1, -0.05) is 23.2 Å². The van der Waals surface area contributed by atoms with Gasteiger partial charge < -0.3 is 16.0 Å². The van der Waals surface area contributed by atoms with Crippen LogP contribution in [0, 0.1) is 0 Å². The lowest BCUT2D eigenvalue weighted by atomic mass is 10.2. The van der Waals surface area contributed by atoms with Gasteiger partial charge in [-0.2, -0.15) is 0 Å². The lowest BCUT2D eigenvalue weighted by Gasteiger charge is -2.15. The summed E-state index contributed by atoms with van der Waals surface area (Å²) in [6, 6.07) is 1.99. The van der Waals surface area contributed by atoms with Gasteiger partial charge in [-0.05, 0) is 26.1 Å². The third-order valence-electron chi connectivity index (χ3n) is 2.69. The normalized spacial score (nSPS) is 21.3. The van der Waals surface area contributed by atoms with Gasteiger partial charge in [0, 0.05) is 12.6 Å². The molecule has 0 saturated carbocycles. The fourth-order valence-electron chi connectivity index (χ4n) is 1.83. The van der Waals surface area contributed by atoms with Crippen LogP contribution in [0.3, 0.4) is 0 Å². The molecular weight excluding hydrogens is 247 g/mol. The van der Waals surface area contributed by atoms with Gasteiger partial charge in [-0.15, -0.1) is 0 Å². The van der Waals surface area contributed by atoms with Crippen molar-refractivity contribution in [3.8, 4) is 0 Å². The third kappa shape index (κ3) is 2.51. The predicted octanol–water partition coefficient (Wildman–Crippen LogP) is 2.09. The maximum Gasteiger partial charge on any atom is 0.147 e. The second-order valence-electron chi connectivity index (χ2n) is 4.08. The van der Waals surface area contributed by atoms with E-state index >= 15 is 0 Å². The number of pyridine rings is 1. The first-order valence-corrected chi connectivity index (χ1v) is 5.88. The minimum atomic E-state index is 0.305. The lowest BCUT2D eigenvalue weighted by Crippen LogP contribution is -2.24. The molecule has 4 nitrogen and oxygen atoms in total. The van der Waals surface area contributed by atoms with E-state index < -0.39 is 0 Å². The number of anilines is 2. The van der Waals surface area contributed by atoms with Crippen LogP contribution in [0.15, 0.2) is 6.07 Å². The zero-order valence-corrected chi connectivity index (χ0v) is 10.5. The number of halogens is 2. The zero-order chi connectivity index (χ0) is 11.7. The lowest BCUT2D eigenvalue weighted by molar-refractivity contribution is 0.414. The number of likely N-dealkylation sites (N-methyl/N-ethyl adjacent to an activating group) is 1. The van der Waals surface area contributed by atoms with Gasteiger partial charge in [-0.3, -0.25) is 0 Å². The summed E-state index contributed by atoms with van der Waals surface area (Å²) in [6.45, 7) is 2.07. The molecule has 1 unspecified atom stereocenters. The smallest absolute Gasteiger partial charge is 0.147 e. The Balaban J connectivity index is 2.12. The molecule has 16 heavy (non-hydrogen) atoms. The molecule has 1 aromatic heterocycles. The van der Waals surface area contributed by atoms with E-state index in [0.29, 0.717) is 27.7 Å². The summed E-state index contributed by atoms with van der Waals surface area (Å²) in [5.74, 6) is 0.920. The molecule has 0 amide bonds. The van der Waals surface area contributed by atoms with Crippen LogP contribution in [0.25, 0.3) is 0 Å². The minimum absolute atomic E-state index is 0.305. The summed E-state index contributed by atoms with van der Waals surface area (Å²) in [5, 5.41) is 4.18. The van der Waals surface area contributed by atoms with Gasteiger partial charge >= 0.3 is 0 Å². The molecule has 1 fully saturated rings. The van der Waals surface area contributed by atoms with Crippen LogP contribution in [0.2, 0.25) is 10.0 Å². The first-order chi connectivity index (χ1) is 7.56. The fourth-order valence-corrected chi connectivity index (χ4v) is 2.24. The molecule has 0 bridgehead atoms. The van der Waals surface area contributed by atoms with Gasteiger partial charge in [0.05, 0.1) is 10.0 Å². The Hall–Kier alpha value is -0.710. The Morgan fingerprint density at radius 2 is 2.25 bits per heavy atom. The van der Waals surface area contributed by atoms with Crippen molar-refractivity contribution in [1.82, 2.24) is 9.88 Å². The van der Waals surface area contributed by atoms with Gasteiger partial charge in [0.2, 0.25) is 0 Å². The minimum Gasteiger partial charge on any atom is -0.382 e. The van der Waals surface area contributed by atoms with Crippen LogP contribution in [-0.2, 0) is 0 Å². The highest BCUT2D eigenvalue weighted by molar-refractivity contribution is 6.37. The summed E-state index contributed by atoms with van der Waals surface area (Å²) in [7, 11) is 2.09. The van der Waals surface area contributed by atoms with E-state index in [2.05, 4.69) is 22.2 Å². The summed E-state index contributed by atoms with van der Waals surface area (Å²) in [4.78, 5) is 6.40. The molecule has 1 aliphatic rings. The fraction of sp³-hybridized carbons (Fsp3) is 0.500. The Morgan fingerprint density at radius 1 is 1.50 bits per heavy atom. The SMILES string of the molecule is CN1CCC(Nc2nc(N)c(Cl)cc2Cl)C1. The van der Waals surface area contributed by atoms with Crippen LogP contribution in [0.1, 0.15) is 6.42 Å². The second-order valence-corrected chi connectivity index (χ2v) is 4.89. The average Bonchev–Trinajstić information content (AvgIpc) is 2.60. The number of nitrogens with zero attached hydrogens (tertiary/aromatic N) is 2. The van der Waals surface area contributed by atoms with E-state index in [4.69, 9.17) is 28.9 Å². The van der Waals surface area contributed by atoms with E-state index in [1.54, 1.807) is 6.07 Å². The molecule has 0 radical (unpaired) electrons. The first-order valence-electron chi connectivity index (χ1n) is 5.13. The number of aromatic nitrogens is 1. The Kier molecular flexibility index (Phi) is 3.42. The average molecular weight is 261 g/mol. The number of nitrogen functional groups attached to an aromatic ring is 1. The summed E-state index contributed by atoms with van der Waals surface area (Å²) in [6.07, 6.45) is 1.08. The number of likely N-dealkylation sites (tertiary alicyclic amines) is 1. The Morgan fingerprint density at radius 3 is 2.88 bits per heavy atom. The molecule has 0 aliphatic carbocycles. The van der Waals surface area contributed by atoms with Gasteiger partial charge in [0.1, 0.15) is 11.6 Å². The molecule has 2 heterocycles. The van der Waals surface area contributed by atoms with Crippen LogP contribution in [0.5, 0.6) is 0 Å². The van der Waals surface area contributed by atoms with E-state index in [-0.39, 0.29) is 0 Å². The van der Waals surface area contributed by atoms with E-state index in [1.807, 2.05) is 0 Å². The molecular formula is C10H14Cl2N4. The molecule has 1 atom stereocenters. The predicted molar refractivity (Wildman–Crippen MR) is 68.2 cm³/mol. The van der Waals surface area contributed by atoms with Crippen molar-refractivity contribution in [2.75, 3.05) is 31.2 Å². The third-order valence-corrected chi connectivity index (χ3v) is 3.28. The molecule has 2 rings (SSSR count). The van der Waals surface area contributed by atoms with Gasteiger partial charge in [0.15, 0.2) is 0 Å². The van der Waals surface area contributed by atoms with Crippen LogP contribution < -0.4 is 11.1 Å². The Bertz CT molecular complexity index is 397. The van der Waals surface area contributed by atoms with Gasteiger partial charge in [0.25, 0.3) is 0 Å². The molecule has 1 saturated heterocycles. The van der Waals surface area contributed by atoms with E-state index in [0.717, 1.165) is 19.5 Å². The van der Waals surface area contributed by atoms with Crippen molar-refractivity contribution in [1.29, 1.82) is 0 Å². The number of nitrogens with two attached hydrogens (primary N) is 1. The highest BCUT2D eigenvalue weighted by Gasteiger charge is 2.20. The van der Waals surface area contributed by atoms with Crippen LogP contribution in [0.4, 0.5) is 11.6 Å². The molecule has 1 aromatic rings. The number of hydrogen-bond donors (Lipinski definition) is 2. The van der Waals surface area contributed by atoms with Crippen molar-refractivity contribution < 1.29 is 0 Å². The maximum atomic E-state index is 6.04. The number of hydrogen-bond acceptors (Lipinski definition) is 4. The monoisotopic (exact) mass is 260 g/mol. The maximum absolute atomic E-state index is 6.04. The zero-order valence-electron chi connectivity index (χ0n) is 9.00. The van der Waals surface area contributed by atoms with E-state index in [9.17, 15) is 0 Å². The topological polar surface area (TPSA) is 54.2 Å². The molecule has 6 heteroatoms. The summed E-state index contributed by atoms with van der Waals surface area (Å²) >= 11 is 11.9. The van der Waals surface area contributed by atoms with Crippen molar-refractivity contribution >= 4 is 34.8 Å². The summed E-state index contributed by atoms with van der Waals surface area (Å²) < 4.78 is 0. The molecule has 0 aromatic carbocycles. The number of rotatable bonds is 2. The molecule has 88 valence electrons. The van der Waals surface area contributed by atoms with Crippen LogP contribution in [-0.4, -0.2) is 36.1 Å². The molecule has 3 N–H and O–H groups in total. The largest absolute Gasteiger partial charge is 0.382 e. The van der Waals surface area contributed by atoms with Crippen LogP contribution >= 0.6 is 23.2 Å². The van der Waals surface area contributed by atoms with E-state index in [1.165, 1.54) is 0 Å². The van der Waals surface area contributed by atoms with Crippen molar-refractivity contribution in [2.24, 2.45) is 0 Å². The quantitative estimate of drug-likeness (QED) is 0.855. The Labute approximate surface area is 105 Å². The number of nitrogens with one attached hydrogen (secondary N) is 1. The molecule has 1 aliphatic heterocycles. The van der Waals surface area contributed by atoms with Crippen molar-refractivity contribution in [2.45, 2.75) is 12.5 Å². The van der Waals surface area contributed by atoms with Crippen molar-refractivity contribution in [3.63, 3.8) is 0 Å². The van der Waals surface area contributed by atoms with Gasteiger partial charge in [-0.25, -0.2) is 4.98 Å². The first kappa shape index (κ1) is 11.8. The highest BCUT2D eigenvalue weighted by Crippen LogP contribution is 2.28. The summed E-state index contributed by atoms with van der Waals surface area (Å²) in [5.41, 5.74) is 5.64. The van der Waals surface area contributed by atoms with Crippen molar-refractivity contribution in [3.05, 3.63) is 16.1 Å². The molecule has 0 spiro atoms. The standard InChI is InChI=1S/C10H14Cl2N4/c1-16-3-2-6(5-16)14-10-8(12)4-7(11)9(13)15-10/h4,6H,2-3,5H2,1H3,(H3,13,14,15). The second kappa shape index (κ2) is 4.65. The highest BCUT2D eigenvalue weighted by atomic mass is 35.5.